The van der Waals surface area contributed by atoms with Crippen LogP contribution in [0.1, 0.15) is 0 Å². The lowest BCUT2D eigenvalue weighted by Crippen LogP contribution is -3.00. The van der Waals surface area contributed by atoms with Gasteiger partial charge in [0.15, 0.2) is 0 Å². The van der Waals surface area contributed by atoms with E-state index in [1.54, 1.807) is 0 Å². The van der Waals surface area contributed by atoms with Gasteiger partial charge in [-0.1, -0.05) is 36.4 Å². The average Bonchev–Trinajstić information content (AvgIpc) is 1.72. The van der Waals surface area contributed by atoms with E-state index in [1.807, 2.05) is 36.4 Å². The zero-order valence-electron chi connectivity index (χ0n) is 3.84. The predicted octanol–water partition coefficient (Wildman–Crippen LogP) is -1.31. The summed E-state index contributed by atoms with van der Waals surface area (Å²) in [5, 5.41) is 0. The van der Waals surface area contributed by atoms with E-state index in [9.17, 15) is 0 Å². The van der Waals surface area contributed by atoms with Crippen LogP contribution < -0.4 is 17.0 Å². The molecule has 0 saturated carbocycles. The van der Waals surface area contributed by atoms with E-state index in [4.69, 9.17) is 0 Å². The van der Waals surface area contributed by atoms with Crippen LogP contribution in [0.3, 0.4) is 0 Å². The molecule has 38 valence electrons. The summed E-state index contributed by atoms with van der Waals surface area (Å²) in [6.45, 7) is 0. The van der Waals surface area contributed by atoms with Crippen molar-refractivity contribution in [2.75, 3.05) is 0 Å². The van der Waals surface area contributed by atoms with Crippen LogP contribution in [0.4, 0.5) is 0 Å². The topological polar surface area (TPSA) is 0 Å². The molecule has 0 unspecified atom stereocenters. The zero-order chi connectivity index (χ0) is 4.24. The van der Waals surface area contributed by atoms with Gasteiger partial charge in [-0.05, 0) is 0 Å². The summed E-state index contributed by atoms with van der Waals surface area (Å²) in [4.78, 5) is 0. The van der Waals surface area contributed by atoms with Crippen LogP contribution in [0.15, 0.2) is 36.4 Å². The Morgan fingerprint density at radius 2 is 0.571 bits per heavy atom. The summed E-state index contributed by atoms with van der Waals surface area (Å²) >= 11 is 0. The summed E-state index contributed by atoms with van der Waals surface area (Å²) in [6, 6.07) is 12.0. The lowest BCUT2D eigenvalue weighted by molar-refractivity contribution is -0.00000120. The monoisotopic (exact) mass is 157 g/mol. The SMILES string of the molecule is [Br-].c1ccccc1. The van der Waals surface area contributed by atoms with Crippen molar-refractivity contribution in [3.63, 3.8) is 0 Å². The van der Waals surface area contributed by atoms with Crippen molar-refractivity contribution < 1.29 is 17.0 Å². The maximum absolute atomic E-state index is 2.00. The first-order chi connectivity index (χ1) is 3.00. The Kier molecular flexibility index (Phi) is 3.71. The van der Waals surface area contributed by atoms with E-state index in [2.05, 4.69) is 0 Å². The molecule has 1 rings (SSSR count). The van der Waals surface area contributed by atoms with Crippen LogP contribution in [-0.4, -0.2) is 0 Å². The summed E-state index contributed by atoms with van der Waals surface area (Å²) in [5.74, 6) is 0. The maximum atomic E-state index is 2.00. The van der Waals surface area contributed by atoms with Gasteiger partial charge in [0, 0.05) is 0 Å². The molecule has 0 fully saturated rings. The molecule has 0 aliphatic carbocycles. The molecule has 0 nitrogen and oxygen atoms in total. The van der Waals surface area contributed by atoms with Crippen molar-refractivity contribution in [3.8, 4) is 0 Å². The minimum absolute atomic E-state index is 0. The first-order valence-electron chi connectivity index (χ1n) is 2.00. The van der Waals surface area contributed by atoms with E-state index < -0.39 is 0 Å². The molecule has 0 radical (unpaired) electrons. The van der Waals surface area contributed by atoms with Gasteiger partial charge < -0.3 is 17.0 Å². The van der Waals surface area contributed by atoms with Gasteiger partial charge in [0.2, 0.25) is 0 Å². The van der Waals surface area contributed by atoms with Crippen LogP contribution in [0.5, 0.6) is 0 Å². The minimum atomic E-state index is 0. The molecule has 0 aliphatic heterocycles. The lowest BCUT2D eigenvalue weighted by Gasteiger charge is -1.69. The first-order valence-corrected chi connectivity index (χ1v) is 2.00. The van der Waals surface area contributed by atoms with E-state index in [0.717, 1.165) is 0 Å². The Labute approximate surface area is 53.9 Å². The Bertz CT molecular complexity index is 76.1. The predicted molar refractivity (Wildman–Crippen MR) is 26.4 cm³/mol. The fourth-order valence-corrected chi connectivity index (χ4v) is 0.385. The summed E-state index contributed by atoms with van der Waals surface area (Å²) in [7, 11) is 0. The molecule has 1 heteroatoms. The number of halogens is 1. The largest absolute Gasteiger partial charge is 1.00 e. The second kappa shape index (κ2) is 3.88. The van der Waals surface area contributed by atoms with Gasteiger partial charge in [-0.15, -0.1) is 0 Å². The molecule has 0 aromatic heterocycles. The first kappa shape index (κ1) is 6.70. The number of rotatable bonds is 0. The Morgan fingerprint density at radius 3 is 0.714 bits per heavy atom. The molecule has 1 aromatic carbocycles. The number of hydrogen-bond donors (Lipinski definition) is 0. The van der Waals surface area contributed by atoms with E-state index in [-0.39, 0.29) is 17.0 Å². The van der Waals surface area contributed by atoms with Crippen molar-refractivity contribution in [1.82, 2.24) is 0 Å². The molecule has 0 saturated heterocycles. The van der Waals surface area contributed by atoms with Gasteiger partial charge in [0.25, 0.3) is 0 Å². The lowest BCUT2D eigenvalue weighted by atomic mass is 10.4. The fraction of sp³-hybridized carbons (Fsp3) is 0. The third kappa shape index (κ3) is 2.40. The van der Waals surface area contributed by atoms with Crippen LogP contribution in [0.25, 0.3) is 0 Å². The van der Waals surface area contributed by atoms with Crippen molar-refractivity contribution in [3.05, 3.63) is 36.4 Å². The third-order valence-electron chi connectivity index (χ3n) is 0.667. The molecular formula is C6H6Br-. The summed E-state index contributed by atoms with van der Waals surface area (Å²) in [5.41, 5.74) is 0. The van der Waals surface area contributed by atoms with Crippen LogP contribution in [0, 0.1) is 0 Å². The highest BCUT2D eigenvalue weighted by Gasteiger charge is 1.57. The maximum Gasteiger partial charge on any atom is -0.0623 e. The van der Waals surface area contributed by atoms with Crippen molar-refractivity contribution in [2.45, 2.75) is 0 Å². The molecule has 7 heavy (non-hydrogen) atoms. The Hall–Kier alpha value is -0.300. The minimum Gasteiger partial charge on any atom is -1.00 e. The van der Waals surface area contributed by atoms with E-state index >= 15 is 0 Å². The van der Waals surface area contributed by atoms with E-state index in [0.29, 0.717) is 0 Å². The van der Waals surface area contributed by atoms with Crippen LogP contribution in [-0.2, 0) is 0 Å². The molecule has 0 atom stereocenters. The quantitative estimate of drug-likeness (QED) is 0.439. The highest BCUT2D eigenvalue weighted by molar-refractivity contribution is 4.99. The van der Waals surface area contributed by atoms with Crippen molar-refractivity contribution >= 4 is 0 Å². The standard InChI is InChI=1S/C6H6.BrH/c1-2-4-6-5-3-1;/h1-6H;1H/p-1. The van der Waals surface area contributed by atoms with Gasteiger partial charge in [-0.25, -0.2) is 0 Å². The van der Waals surface area contributed by atoms with Gasteiger partial charge in [-0.3, -0.25) is 0 Å². The summed E-state index contributed by atoms with van der Waals surface area (Å²) in [6.07, 6.45) is 0. The highest BCUT2D eigenvalue weighted by Crippen LogP contribution is 1.79. The third-order valence-corrected chi connectivity index (χ3v) is 0.667. The second-order valence-electron chi connectivity index (χ2n) is 1.15. The molecule has 0 bridgehead atoms. The van der Waals surface area contributed by atoms with Crippen molar-refractivity contribution in [1.29, 1.82) is 0 Å². The smallest absolute Gasteiger partial charge is 0.0623 e. The Morgan fingerprint density at radius 1 is 0.429 bits per heavy atom. The molecule has 0 amide bonds. The fourth-order valence-electron chi connectivity index (χ4n) is 0.385. The number of benzene rings is 1. The van der Waals surface area contributed by atoms with E-state index in [1.165, 1.54) is 0 Å². The molecular weight excluding hydrogens is 152 g/mol. The summed E-state index contributed by atoms with van der Waals surface area (Å²) < 4.78 is 0. The molecule has 1 aromatic rings. The van der Waals surface area contributed by atoms with Gasteiger partial charge in [0.1, 0.15) is 0 Å². The van der Waals surface area contributed by atoms with Gasteiger partial charge in [-0.2, -0.15) is 0 Å². The molecule has 0 N–H and O–H groups in total. The molecule has 0 aliphatic rings. The molecule has 0 heterocycles. The van der Waals surface area contributed by atoms with Crippen LogP contribution in [0.2, 0.25) is 0 Å². The van der Waals surface area contributed by atoms with Crippen LogP contribution >= 0.6 is 0 Å². The number of hydrogen-bond acceptors (Lipinski definition) is 0. The van der Waals surface area contributed by atoms with Crippen molar-refractivity contribution in [2.24, 2.45) is 0 Å². The highest BCUT2D eigenvalue weighted by atomic mass is 79.9. The van der Waals surface area contributed by atoms with Gasteiger partial charge >= 0.3 is 0 Å². The second-order valence-corrected chi connectivity index (χ2v) is 1.15. The normalized spacial score (nSPS) is 6.86. The average molecular weight is 158 g/mol. The van der Waals surface area contributed by atoms with Gasteiger partial charge in [0.05, 0.1) is 0 Å². The zero-order valence-corrected chi connectivity index (χ0v) is 5.43. The molecule has 0 spiro atoms. The Balaban J connectivity index is 0.000000360.